The van der Waals surface area contributed by atoms with Gasteiger partial charge in [0, 0.05) is 48.0 Å². The van der Waals surface area contributed by atoms with Gasteiger partial charge in [-0.1, -0.05) is 152 Å². The topological polar surface area (TPSA) is 51.6 Å². The first-order valence-corrected chi connectivity index (χ1v) is 19.2. The van der Waals surface area contributed by atoms with Crippen molar-refractivity contribution in [1.29, 1.82) is 0 Å². The number of pyridine rings is 1. The minimum Gasteiger partial charge on any atom is -0.248 e. The van der Waals surface area contributed by atoms with Crippen molar-refractivity contribution in [3.63, 3.8) is 0 Å². The molecule has 0 N–H and O–H groups in total. The molecule has 0 atom stereocenters. The fourth-order valence-corrected chi connectivity index (χ4v) is 9.18. The standard InChI is InChI=1S/C50H30N4S/c1-3-13-31(14-4-1)48-52-49(32-15-5-2-6-16-32)54-50(53-48)36-20-10-18-34(30-36)33-17-9-19-35(29-33)42-24-12-25-43(51-42)41-28-27-40-38-22-8-7-21-37(38)39-23-11-26-44-45(39)46(40)47(41)55-44/h1-30H. The number of nitrogens with zero attached hydrogens (tertiary/aromatic N) is 4. The van der Waals surface area contributed by atoms with Gasteiger partial charge in [0.1, 0.15) is 0 Å². The van der Waals surface area contributed by atoms with E-state index in [1.807, 2.05) is 72.0 Å². The molecule has 0 bridgehead atoms. The van der Waals surface area contributed by atoms with Gasteiger partial charge in [-0.05, 0) is 63.0 Å². The zero-order chi connectivity index (χ0) is 36.3. The van der Waals surface area contributed by atoms with E-state index in [4.69, 9.17) is 19.9 Å². The summed E-state index contributed by atoms with van der Waals surface area (Å²) in [6.45, 7) is 0. The van der Waals surface area contributed by atoms with Gasteiger partial charge in [-0.2, -0.15) is 0 Å². The Hall–Kier alpha value is -7.08. The predicted octanol–water partition coefficient (Wildman–Crippen LogP) is 13.4. The lowest BCUT2D eigenvalue weighted by Crippen LogP contribution is -2.00. The Bertz CT molecular complexity index is 3150. The highest BCUT2D eigenvalue weighted by Crippen LogP contribution is 2.48. The van der Waals surface area contributed by atoms with Crippen LogP contribution in [0.5, 0.6) is 0 Å². The average molecular weight is 719 g/mol. The van der Waals surface area contributed by atoms with E-state index in [0.717, 1.165) is 50.3 Å². The van der Waals surface area contributed by atoms with Crippen LogP contribution in [0.2, 0.25) is 0 Å². The van der Waals surface area contributed by atoms with Crippen molar-refractivity contribution in [3.05, 3.63) is 182 Å². The second kappa shape index (κ2) is 12.8. The average Bonchev–Trinajstić information content (AvgIpc) is 3.67. The Morgan fingerprint density at radius 1 is 0.309 bits per heavy atom. The molecule has 0 aliphatic rings. The van der Waals surface area contributed by atoms with Gasteiger partial charge in [-0.3, -0.25) is 0 Å². The van der Waals surface area contributed by atoms with Gasteiger partial charge in [0.25, 0.3) is 0 Å². The summed E-state index contributed by atoms with van der Waals surface area (Å²) in [5.41, 5.74) is 9.12. The lowest BCUT2D eigenvalue weighted by atomic mass is 9.93. The summed E-state index contributed by atoms with van der Waals surface area (Å²) in [4.78, 5) is 20.1. The number of thiophene rings is 1. The number of fused-ring (bicyclic) bond motifs is 3. The molecule has 0 amide bonds. The molecule has 0 unspecified atom stereocenters. The zero-order valence-electron chi connectivity index (χ0n) is 29.5. The molecule has 3 aromatic heterocycles. The molecular formula is C50H30N4S. The quantitative estimate of drug-likeness (QED) is 0.161. The largest absolute Gasteiger partial charge is 0.248 e. The van der Waals surface area contributed by atoms with Crippen molar-refractivity contribution in [2.75, 3.05) is 0 Å². The summed E-state index contributed by atoms with van der Waals surface area (Å²) in [5.74, 6) is 1.93. The van der Waals surface area contributed by atoms with E-state index < -0.39 is 0 Å². The van der Waals surface area contributed by atoms with Crippen LogP contribution in [0, 0.1) is 0 Å². The van der Waals surface area contributed by atoms with Crippen molar-refractivity contribution in [2.45, 2.75) is 0 Å². The maximum Gasteiger partial charge on any atom is 0.164 e. The number of hydrogen-bond acceptors (Lipinski definition) is 5. The highest BCUT2D eigenvalue weighted by Gasteiger charge is 2.19. The zero-order valence-corrected chi connectivity index (χ0v) is 30.3. The van der Waals surface area contributed by atoms with Crippen molar-refractivity contribution >= 4 is 53.1 Å². The maximum atomic E-state index is 5.30. The molecule has 11 aromatic rings. The third-order valence-corrected chi connectivity index (χ3v) is 11.7. The van der Waals surface area contributed by atoms with Gasteiger partial charge in [0.05, 0.1) is 11.4 Å². The Labute approximate surface area is 321 Å². The summed E-state index contributed by atoms with van der Waals surface area (Å²) in [5, 5.41) is 7.91. The number of hydrogen-bond donors (Lipinski definition) is 0. The van der Waals surface area contributed by atoms with Gasteiger partial charge in [0.2, 0.25) is 0 Å². The summed E-state index contributed by atoms with van der Waals surface area (Å²) >= 11 is 1.87. The summed E-state index contributed by atoms with van der Waals surface area (Å²) in [6, 6.07) is 63.6. The summed E-state index contributed by atoms with van der Waals surface area (Å²) in [7, 11) is 0. The van der Waals surface area contributed by atoms with E-state index in [1.165, 1.54) is 41.7 Å². The number of rotatable bonds is 6. The molecule has 256 valence electrons. The SMILES string of the molecule is c1ccc(-c2nc(-c3ccccc3)nc(-c3cccc(-c4cccc(-c5cccc(-c6ccc7c8ccccc8c8cccc9sc6c7c98)n5)c4)c3)n2)cc1. The van der Waals surface area contributed by atoms with E-state index in [0.29, 0.717) is 17.5 Å². The van der Waals surface area contributed by atoms with Crippen LogP contribution in [0.4, 0.5) is 0 Å². The van der Waals surface area contributed by atoms with Crippen LogP contribution in [-0.2, 0) is 0 Å². The van der Waals surface area contributed by atoms with Gasteiger partial charge in [-0.15, -0.1) is 11.3 Å². The molecule has 55 heavy (non-hydrogen) atoms. The molecule has 0 saturated carbocycles. The van der Waals surface area contributed by atoms with Gasteiger partial charge < -0.3 is 0 Å². The van der Waals surface area contributed by atoms with Gasteiger partial charge in [-0.25, -0.2) is 19.9 Å². The Kier molecular flexibility index (Phi) is 7.32. The molecule has 0 spiro atoms. The normalized spacial score (nSPS) is 11.6. The first-order valence-electron chi connectivity index (χ1n) is 18.4. The van der Waals surface area contributed by atoms with E-state index in [9.17, 15) is 0 Å². The minimum absolute atomic E-state index is 0.633. The van der Waals surface area contributed by atoms with E-state index in [2.05, 4.69) is 121 Å². The minimum atomic E-state index is 0.633. The summed E-state index contributed by atoms with van der Waals surface area (Å²) < 4.78 is 2.60. The van der Waals surface area contributed by atoms with Crippen molar-refractivity contribution < 1.29 is 0 Å². The van der Waals surface area contributed by atoms with Crippen LogP contribution in [-0.4, -0.2) is 19.9 Å². The van der Waals surface area contributed by atoms with Crippen LogP contribution in [0.3, 0.4) is 0 Å². The second-order valence-corrected chi connectivity index (χ2v) is 14.9. The molecular weight excluding hydrogens is 689 g/mol. The third-order valence-electron chi connectivity index (χ3n) is 10.5. The van der Waals surface area contributed by atoms with Crippen LogP contribution in [0.1, 0.15) is 0 Å². The van der Waals surface area contributed by atoms with Crippen LogP contribution in [0.25, 0.3) is 110 Å². The molecule has 0 saturated heterocycles. The highest BCUT2D eigenvalue weighted by molar-refractivity contribution is 7.26. The maximum absolute atomic E-state index is 5.30. The molecule has 4 nitrogen and oxygen atoms in total. The van der Waals surface area contributed by atoms with E-state index in [1.54, 1.807) is 0 Å². The van der Waals surface area contributed by atoms with Gasteiger partial charge >= 0.3 is 0 Å². The number of aromatic nitrogens is 4. The number of benzene rings is 8. The molecule has 3 heterocycles. The third kappa shape index (κ3) is 5.36. The molecule has 5 heteroatoms. The van der Waals surface area contributed by atoms with Crippen LogP contribution < -0.4 is 0 Å². The van der Waals surface area contributed by atoms with E-state index in [-0.39, 0.29) is 0 Å². The Morgan fingerprint density at radius 3 is 1.49 bits per heavy atom. The fraction of sp³-hybridized carbons (Fsp3) is 0. The molecule has 0 fully saturated rings. The molecule has 0 aliphatic heterocycles. The lowest BCUT2D eigenvalue weighted by Gasteiger charge is -2.12. The first-order chi connectivity index (χ1) is 27.2. The molecule has 0 radical (unpaired) electrons. The molecule has 11 rings (SSSR count). The predicted molar refractivity (Wildman–Crippen MR) is 229 cm³/mol. The Morgan fingerprint density at radius 2 is 0.800 bits per heavy atom. The molecule has 0 aliphatic carbocycles. The monoisotopic (exact) mass is 718 g/mol. The van der Waals surface area contributed by atoms with Crippen molar-refractivity contribution in [2.24, 2.45) is 0 Å². The van der Waals surface area contributed by atoms with Crippen molar-refractivity contribution in [3.8, 4) is 67.8 Å². The van der Waals surface area contributed by atoms with Crippen LogP contribution in [0.15, 0.2) is 182 Å². The Balaban J connectivity index is 0.983. The summed E-state index contributed by atoms with van der Waals surface area (Å²) in [6.07, 6.45) is 0. The lowest BCUT2D eigenvalue weighted by molar-refractivity contribution is 1.07. The van der Waals surface area contributed by atoms with Crippen molar-refractivity contribution in [1.82, 2.24) is 19.9 Å². The van der Waals surface area contributed by atoms with E-state index >= 15 is 0 Å². The van der Waals surface area contributed by atoms with Crippen LogP contribution >= 0.6 is 11.3 Å². The highest BCUT2D eigenvalue weighted by atomic mass is 32.1. The second-order valence-electron chi connectivity index (χ2n) is 13.8. The first kappa shape index (κ1) is 31.4. The van der Waals surface area contributed by atoms with Gasteiger partial charge in [0.15, 0.2) is 17.5 Å². The fourth-order valence-electron chi connectivity index (χ4n) is 7.90. The smallest absolute Gasteiger partial charge is 0.164 e. The molecule has 8 aromatic carbocycles.